The van der Waals surface area contributed by atoms with E-state index in [1.54, 1.807) is 6.41 Å². The van der Waals surface area contributed by atoms with Crippen molar-refractivity contribution in [2.45, 2.75) is 19.8 Å². The lowest BCUT2D eigenvalue weighted by atomic mass is 10.1. The fraction of sp³-hybridized carbons (Fsp3) is 0.300. The molecule has 63 valence electrons. The number of benzene rings is 1. The minimum absolute atomic E-state index is 0.796. The van der Waals surface area contributed by atoms with Gasteiger partial charge in [0.2, 0.25) is 0 Å². The van der Waals surface area contributed by atoms with Gasteiger partial charge in [-0.05, 0) is 24.1 Å². The van der Waals surface area contributed by atoms with Crippen molar-refractivity contribution in [1.29, 1.82) is 0 Å². The van der Waals surface area contributed by atoms with Gasteiger partial charge in [-0.1, -0.05) is 25.5 Å². The molecule has 0 aromatic heterocycles. The summed E-state index contributed by atoms with van der Waals surface area (Å²) in [5.74, 6) is 0. The van der Waals surface area contributed by atoms with Crippen molar-refractivity contribution >= 4 is 12.1 Å². The molecule has 0 aliphatic carbocycles. The maximum atomic E-state index is 9.95. The number of aryl methyl sites for hydroxylation is 1. The monoisotopic (exact) mass is 162 g/mol. The van der Waals surface area contributed by atoms with E-state index in [0.717, 1.165) is 18.5 Å². The molecule has 0 saturated heterocycles. The van der Waals surface area contributed by atoms with E-state index in [2.05, 4.69) is 12.2 Å². The lowest BCUT2D eigenvalue weighted by molar-refractivity contribution is 0.561. The predicted octanol–water partition coefficient (Wildman–Crippen LogP) is 2.12. The second-order valence-electron chi connectivity index (χ2n) is 2.67. The van der Waals surface area contributed by atoms with Gasteiger partial charge in [0.1, 0.15) is 0 Å². The molecule has 1 aromatic carbocycles. The molecule has 12 heavy (non-hydrogen) atoms. The Bertz CT molecular complexity index is 241. The summed E-state index contributed by atoms with van der Waals surface area (Å²) in [5, 5.41) is 2.47. The average molecular weight is 162 g/mol. The Balaban J connectivity index is 2.64. The second kappa shape index (κ2) is 4.54. The van der Waals surface area contributed by atoms with Crippen molar-refractivity contribution in [1.82, 2.24) is 0 Å². The molecule has 0 aliphatic rings. The van der Waals surface area contributed by atoms with Crippen LogP contribution in [0, 0.1) is 0 Å². The van der Waals surface area contributed by atoms with Crippen LogP contribution < -0.4 is 5.32 Å². The molecule has 1 aromatic rings. The van der Waals surface area contributed by atoms with Crippen molar-refractivity contribution < 1.29 is 4.79 Å². The fourth-order valence-electron chi connectivity index (χ4n) is 1.10. The van der Waals surface area contributed by atoms with Gasteiger partial charge in [0.15, 0.2) is 0 Å². The molecule has 2 heteroatoms. The third-order valence-corrected chi connectivity index (χ3v) is 1.69. The first kappa shape index (κ1) is 8.78. The summed E-state index contributed by atoms with van der Waals surface area (Å²) >= 11 is 0. The Morgan fingerprint density at radius 2 is 2.00 bits per heavy atom. The van der Waals surface area contributed by atoms with Gasteiger partial charge in [-0.3, -0.25) is 4.79 Å². The van der Waals surface area contributed by atoms with Crippen LogP contribution in [0.3, 0.4) is 0 Å². The van der Waals surface area contributed by atoms with Crippen LogP contribution >= 0.6 is 0 Å². The molecule has 1 radical (unpaired) electrons. The van der Waals surface area contributed by atoms with Gasteiger partial charge < -0.3 is 5.32 Å². The first-order valence-electron chi connectivity index (χ1n) is 4.09. The van der Waals surface area contributed by atoms with Crippen LogP contribution in [0.15, 0.2) is 24.3 Å². The molecule has 2 nitrogen and oxygen atoms in total. The van der Waals surface area contributed by atoms with Gasteiger partial charge >= 0.3 is 6.41 Å². The van der Waals surface area contributed by atoms with Crippen molar-refractivity contribution in [2.75, 3.05) is 5.32 Å². The first-order valence-corrected chi connectivity index (χ1v) is 4.09. The number of hydrogen-bond donors (Lipinski definition) is 1. The molecule has 1 N–H and O–H groups in total. The summed E-state index contributed by atoms with van der Waals surface area (Å²) < 4.78 is 0. The van der Waals surface area contributed by atoms with E-state index in [9.17, 15) is 4.79 Å². The van der Waals surface area contributed by atoms with Crippen LogP contribution in [0.1, 0.15) is 18.9 Å². The number of nitrogens with one attached hydrogen (secondary N) is 1. The zero-order chi connectivity index (χ0) is 8.81. The first-order chi connectivity index (χ1) is 5.86. The Morgan fingerprint density at radius 1 is 1.33 bits per heavy atom. The predicted molar refractivity (Wildman–Crippen MR) is 49.8 cm³/mol. The quantitative estimate of drug-likeness (QED) is 0.675. The molecule has 0 heterocycles. The Hall–Kier alpha value is -1.31. The zero-order valence-electron chi connectivity index (χ0n) is 7.13. The maximum Gasteiger partial charge on any atom is 0.314 e. The lowest BCUT2D eigenvalue weighted by Crippen LogP contribution is -1.93. The lowest BCUT2D eigenvalue weighted by Gasteiger charge is -2.00. The van der Waals surface area contributed by atoms with E-state index in [1.165, 1.54) is 5.56 Å². The zero-order valence-corrected chi connectivity index (χ0v) is 7.13. The highest BCUT2D eigenvalue weighted by molar-refractivity contribution is 5.71. The molecule has 0 unspecified atom stereocenters. The SMILES string of the molecule is CCCc1ccc(N[C]=O)cc1. The minimum Gasteiger partial charge on any atom is -0.318 e. The van der Waals surface area contributed by atoms with Crippen LogP contribution in [0.2, 0.25) is 0 Å². The van der Waals surface area contributed by atoms with Crippen molar-refractivity contribution in [3.05, 3.63) is 29.8 Å². The van der Waals surface area contributed by atoms with E-state index >= 15 is 0 Å². The second-order valence-corrected chi connectivity index (χ2v) is 2.67. The van der Waals surface area contributed by atoms with Crippen LogP contribution in [-0.4, -0.2) is 6.41 Å². The summed E-state index contributed by atoms with van der Waals surface area (Å²) in [4.78, 5) is 9.95. The number of amides is 1. The maximum absolute atomic E-state index is 9.95. The minimum atomic E-state index is 0.796. The third kappa shape index (κ3) is 2.38. The van der Waals surface area contributed by atoms with Gasteiger partial charge in [0.05, 0.1) is 0 Å². The Labute approximate surface area is 72.6 Å². The topological polar surface area (TPSA) is 29.1 Å². The van der Waals surface area contributed by atoms with Gasteiger partial charge in [-0.15, -0.1) is 0 Å². The summed E-state index contributed by atoms with van der Waals surface area (Å²) in [6.45, 7) is 2.14. The summed E-state index contributed by atoms with van der Waals surface area (Å²) in [6, 6.07) is 7.80. The molecule has 0 fully saturated rings. The fourth-order valence-corrected chi connectivity index (χ4v) is 1.10. The number of carbonyl (C=O) groups excluding carboxylic acids is 1. The molecule has 1 amide bonds. The van der Waals surface area contributed by atoms with E-state index in [1.807, 2.05) is 24.3 Å². The van der Waals surface area contributed by atoms with Crippen LogP contribution in [0.5, 0.6) is 0 Å². The van der Waals surface area contributed by atoms with Crippen molar-refractivity contribution in [3.8, 4) is 0 Å². The van der Waals surface area contributed by atoms with E-state index in [-0.39, 0.29) is 0 Å². The largest absolute Gasteiger partial charge is 0.318 e. The highest BCUT2D eigenvalue weighted by atomic mass is 16.1. The van der Waals surface area contributed by atoms with Gasteiger partial charge in [0, 0.05) is 5.69 Å². The molecule has 0 aliphatic heterocycles. The molecule has 0 bridgehead atoms. The summed E-state index contributed by atoms with van der Waals surface area (Å²) in [5.41, 5.74) is 2.10. The van der Waals surface area contributed by atoms with Gasteiger partial charge in [-0.2, -0.15) is 0 Å². The summed E-state index contributed by atoms with van der Waals surface area (Å²) in [6.07, 6.45) is 3.87. The van der Waals surface area contributed by atoms with Gasteiger partial charge in [-0.25, -0.2) is 0 Å². The van der Waals surface area contributed by atoms with E-state index < -0.39 is 0 Å². The van der Waals surface area contributed by atoms with E-state index in [4.69, 9.17) is 0 Å². The highest BCUT2D eigenvalue weighted by Gasteiger charge is 1.91. The van der Waals surface area contributed by atoms with Gasteiger partial charge in [0.25, 0.3) is 0 Å². The molecular formula is C10H12NO. The van der Waals surface area contributed by atoms with Crippen LogP contribution in [0.25, 0.3) is 0 Å². The normalized spacial score (nSPS) is 9.42. The average Bonchev–Trinajstić information content (AvgIpc) is 2.09. The Morgan fingerprint density at radius 3 is 2.50 bits per heavy atom. The summed E-state index contributed by atoms with van der Waals surface area (Å²) in [7, 11) is 0. The smallest absolute Gasteiger partial charge is 0.314 e. The number of hydrogen-bond acceptors (Lipinski definition) is 1. The molecule has 1 rings (SSSR count). The number of rotatable bonds is 4. The molecule has 0 atom stereocenters. The van der Waals surface area contributed by atoms with Crippen LogP contribution in [0.4, 0.5) is 5.69 Å². The number of anilines is 1. The van der Waals surface area contributed by atoms with Crippen molar-refractivity contribution in [3.63, 3.8) is 0 Å². The molecular weight excluding hydrogens is 150 g/mol. The standard InChI is InChI=1S/C10H12NO/c1-2-3-9-4-6-10(7-5-9)11-8-12/h4-7H,2-3H2,1H3,(H,11,12). The molecule has 0 spiro atoms. The van der Waals surface area contributed by atoms with E-state index in [0.29, 0.717) is 0 Å². The Kier molecular flexibility index (Phi) is 3.33. The van der Waals surface area contributed by atoms with Crippen LogP contribution in [-0.2, 0) is 11.2 Å². The van der Waals surface area contributed by atoms with Crippen molar-refractivity contribution in [2.24, 2.45) is 0 Å². The molecule has 0 saturated carbocycles. The highest BCUT2D eigenvalue weighted by Crippen LogP contribution is 2.09. The third-order valence-electron chi connectivity index (χ3n) is 1.69.